The Morgan fingerprint density at radius 2 is 1.88 bits per heavy atom. The van der Waals surface area contributed by atoms with E-state index >= 15 is 0 Å². The fourth-order valence-electron chi connectivity index (χ4n) is 2.24. The molecule has 1 aromatic heterocycles. The molecule has 0 atom stereocenters. The summed E-state index contributed by atoms with van der Waals surface area (Å²) in [5, 5.41) is 8.19. The molecular weight excluding hydrogens is 374 g/mol. The van der Waals surface area contributed by atoms with Crippen molar-refractivity contribution in [2.75, 3.05) is 17.6 Å². The van der Waals surface area contributed by atoms with Gasteiger partial charge in [0.2, 0.25) is 11.8 Å². The van der Waals surface area contributed by atoms with Crippen LogP contribution in [0, 0.1) is 6.92 Å². The minimum absolute atomic E-state index is 0.105. The van der Waals surface area contributed by atoms with Gasteiger partial charge >= 0.3 is 0 Å². The molecule has 0 saturated carbocycles. The fourth-order valence-corrected chi connectivity index (χ4v) is 4.12. The first-order valence-corrected chi connectivity index (χ1v) is 10.6. The molecule has 26 heavy (non-hydrogen) atoms. The summed E-state index contributed by atoms with van der Waals surface area (Å²) in [7, 11) is -3.56. The van der Waals surface area contributed by atoms with Crippen molar-refractivity contribution in [1.82, 2.24) is 10.3 Å². The van der Waals surface area contributed by atoms with E-state index in [4.69, 9.17) is 0 Å². The number of anilines is 1. The molecule has 0 aliphatic carbocycles. The van der Waals surface area contributed by atoms with Crippen LogP contribution in [0.1, 0.15) is 24.0 Å². The molecule has 2 aromatic rings. The Balaban J connectivity index is 1.80. The predicted octanol–water partition coefficient (Wildman–Crippen LogP) is 1.93. The maximum absolute atomic E-state index is 12.3. The maximum Gasteiger partial charge on any atom is 0.221 e. The number of nitrogens with one attached hydrogen (secondary N) is 2. The summed E-state index contributed by atoms with van der Waals surface area (Å²) >= 11 is 1.55. The van der Waals surface area contributed by atoms with Crippen molar-refractivity contribution in [1.29, 1.82) is 0 Å². The Hall–Kier alpha value is -2.26. The number of hydrogen-bond acceptors (Lipinski definition) is 6. The van der Waals surface area contributed by atoms with E-state index in [0.29, 0.717) is 18.7 Å². The van der Waals surface area contributed by atoms with Crippen LogP contribution < -0.4 is 10.6 Å². The van der Waals surface area contributed by atoms with Gasteiger partial charge in [-0.3, -0.25) is 9.59 Å². The van der Waals surface area contributed by atoms with Crippen LogP contribution in [0.4, 0.5) is 5.69 Å². The second-order valence-corrected chi connectivity index (χ2v) is 8.90. The smallest absolute Gasteiger partial charge is 0.221 e. The van der Waals surface area contributed by atoms with Crippen LogP contribution in [-0.4, -0.2) is 37.5 Å². The van der Waals surface area contributed by atoms with Gasteiger partial charge in [0, 0.05) is 37.4 Å². The number of sulfone groups is 1. The van der Waals surface area contributed by atoms with Crippen LogP contribution in [0.25, 0.3) is 0 Å². The summed E-state index contributed by atoms with van der Waals surface area (Å²) in [4.78, 5) is 27.2. The quantitative estimate of drug-likeness (QED) is 0.711. The van der Waals surface area contributed by atoms with E-state index in [1.165, 1.54) is 31.2 Å². The van der Waals surface area contributed by atoms with Crippen molar-refractivity contribution in [2.24, 2.45) is 0 Å². The number of rotatable bonds is 8. The Morgan fingerprint density at radius 3 is 2.46 bits per heavy atom. The number of aromatic nitrogens is 1. The van der Waals surface area contributed by atoms with E-state index in [1.807, 2.05) is 12.3 Å². The first kappa shape index (κ1) is 20.1. The molecule has 9 heteroatoms. The van der Waals surface area contributed by atoms with Gasteiger partial charge in [-0.25, -0.2) is 13.4 Å². The van der Waals surface area contributed by atoms with Gasteiger partial charge in [0.15, 0.2) is 9.84 Å². The highest BCUT2D eigenvalue weighted by molar-refractivity contribution is 7.91. The van der Waals surface area contributed by atoms with Crippen LogP contribution in [0.3, 0.4) is 0 Å². The van der Waals surface area contributed by atoms with Crippen molar-refractivity contribution >= 4 is 38.7 Å². The van der Waals surface area contributed by atoms with Gasteiger partial charge in [0.1, 0.15) is 0 Å². The van der Waals surface area contributed by atoms with Gasteiger partial charge in [-0.1, -0.05) is 0 Å². The standard InChI is InChI=1S/C17H21N3O4S2/c1-12(21)19-14-3-5-16(6-4-14)26(23,24)10-8-17(22)18-9-7-15-11-25-13(2)20-15/h3-6,11H,7-10H2,1-2H3,(H,18,22)(H,19,21). The minimum Gasteiger partial charge on any atom is -0.356 e. The van der Waals surface area contributed by atoms with Crippen LogP contribution in [0.15, 0.2) is 34.5 Å². The Kier molecular flexibility index (Phi) is 6.87. The molecule has 2 N–H and O–H groups in total. The van der Waals surface area contributed by atoms with Crippen LogP contribution in [-0.2, 0) is 25.8 Å². The zero-order valence-electron chi connectivity index (χ0n) is 14.6. The Morgan fingerprint density at radius 1 is 1.19 bits per heavy atom. The largest absolute Gasteiger partial charge is 0.356 e. The predicted molar refractivity (Wildman–Crippen MR) is 101 cm³/mol. The highest BCUT2D eigenvalue weighted by Crippen LogP contribution is 2.16. The molecule has 2 amide bonds. The molecule has 0 spiro atoms. The molecule has 0 unspecified atom stereocenters. The third kappa shape index (κ3) is 6.23. The summed E-state index contributed by atoms with van der Waals surface area (Å²) in [5.74, 6) is -0.811. The fraction of sp³-hybridized carbons (Fsp3) is 0.353. The Labute approximate surface area is 156 Å². The van der Waals surface area contributed by atoms with Crippen molar-refractivity contribution in [3.05, 3.63) is 40.3 Å². The second-order valence-electron chi connectivity index (χ2n) is 5.73. The van der Waals surface area contributed by atoms with Crippen LogP contribution >= 0.6 is 11.3 Å². The number of carbonyl (C=O) groups is 2. The van der Waals surface area contributed by atoms with E-state index in [2.05, 4.69) is 15.6 Å². The van der Waals surface area contributed by atoms with Gasteiger partial charge in [0.05, 0.1) is 21.3 Å². The molecule has 1 heterocycles. The first-order valence-electron chi connectivity index (χ1n) is 8.04. The second kappa shape index (κ2) is 8.91. The van der Waals surface area contributed by atoms with E-state index in [0.717, 1.165) is 10.7 Å². The average Bonchev–Trinajstić information content (AvgIpc) is 2.98. The van der Waals surface area contributed by atoms with Crippen molar-refractivity contribution in [2.45, 2.75) is 31.6 Å². The molecule has 0 bridgehead atoms. The highest BCUT2D eigenvalue weighted by Gasteiger charge is 2.16. The SMILES string of the molecule is CC(=O)Nc1ccc(S(=O)(=O)CCC(=O)NCCc2csc(C)n2)cc1. The lowest BCUT2D eigenvalue weighted by molar-refractivity contribution is -0.120. The third-order valence-electron chi connectivity index (χ3n) is 3.50. The summed E-state index contributed by atoms with van der Waals surface area (Å²) < 4.78 is 24.6. The van der Waals surface area contributed by atoms with Gasteiger partial charge < -0.3 is 10.6 Å². The number of amides is 2. The number of nitrogens with zero attached hydrogens (tertiary/aromatic N) is 1. The van der Waals surface area contributed by atoms with E-state index in [9.17, 15) is 18.0 Å². The lowest BCUT2D eigenvalue weighted by Crippen LogP contribution is -2.27. The topological polar surface area (TPSA) is 105 Å². The molecule has 0 aliphatic heterocycles. The van der Waals surface area contributed by atoms with Crippen molar-refractivity contribution in [3.63, 3.8) is 0 Å². The van der Waals surface area contributed by atoms with Gasteiger partial charge in [-0.2, -0.15) is 0 Å². The van der Waals surface area contributed by atoms with Crippen molar-refractivity contribution in [3.8, 4) is 0 Å². The summed E-state index contributed by atoms with van der Waals surface area (Å²) in [5.41, 5.74) is 1.44. The number of carbonyl (C=O) groups excluding carboxylic acids is 2. The molecular formula is C17H21N3O4S2. The number of thiazole rings is 1. The number of hydrogen-bond donors (Lipinski definition) is 2. The highest BCUT2D eigenvalue weighted by atomic mass is 32.2. The normalized spacial score (nSPS) is 11.2. The lowest BCUT2D eigenvalue weighted by Gasteiger charge is -2.07. The molecule has 140 valence electrons. The summed E-state index contributed by atoms with van der Waals surface area (Å²) in [6, 6.07) is 5.88. The molecule has 0 saturated heterocycles. The summed E-state index contributed by atoms with van der Waals surface area (Å²) in [6.45, 7) is 3.71. The Bertz CT molecular complexity index is 874. The maximum atomic E-state index is 12.3. The van der Waals surface area contributed by atoms with Gasteiger partial charge in [0.25, 0.3) is 0 Å². The average molecular weight is 396 g/mol. The van der Waals surface area contributed by atoms with Crippen molar-refractivity contribution < 1.29 is 18.0 Å². The third-order valence-corrected chi connectivity index (χ3v) is 6.06. The van der Waals surface area contributed by atoms with Gasteiger partial charge in [-0.15, -0.1) is 11.3 Å². The summed E-state index contributed by atoms with van der Waals surface area (Å²) in [6.07, 6.45) is 0.513. The first-order chi connectivity index (χ1) is 12.3. The monoisotopic (exact) mass is 395 g/mol. The molecule has 0 radical (unpaired) electrons. The van der Waals surface area contributed by atoms with Gasteiger partial charge in [-0.05, 0) is 31.2 Å². The van der Waals surface area contributed by atoms with E-state index in [1.54, 1.807) is 11.3 Å². The lowest BCUT2D eigenvalue weighted by atomic mass is 10.3. The van der Waals surface area contributed by atoms with Crippen LogP contribution in [0.2, 0.25) is 0 Å². The van der Waals surface area contributed by atoms with E-state index in [-0.39, 0.29) is 28.9 Å². The minimum atomic E-state index is -3.56. The molecule has 7 nitrogen and oxygen atoms in total. The number of aryl methyl sites for hydroxylation is 1. The van der Waals surface area contributed by atoms with Crippen LogP contribution in [0.5, 0.6) is 0 Å². The molecule has 1 aromatic carbocycles. The number of benzene rings is 1. The van der Waals surface area contributed by atoms with E-state index < -0.39 is 9.84 Å². The zero-order chi connectivity index (χ0) is 19.2. The molecule has 0 aliphatic rings. The zero-order valence-corrected chi connectivity index (χ0v) is 16.2. The molecule has 0 fully saturated rings. The molecule has 2 rings (SSSR count).